The first kappa shape index (κ1) is 21.4. The number of carbonyl (C=O) groups is 1. The molecule has 0 bridgehead atoms. The molecule has 0 aliphatic carbocycles. The maximum Gasteiger partial charge on any atom is 0.255 e. The topological polar surface area (TPSA) is 145 Å². The fraction of sp³-hybridized carbons (Fsp3) is 0. The van der Waals surface area contributed by atoms with Crippen LogP contribution in [0.25, 0.3) is 28.3 Å². The SMILES string of the molecule is NS(=O)(=O)c1ccc(C(=O)Nc2cccc(-c3ccc4nnc(-c5cccnc5)n4n3)c2)cc1. The van der Waals surface area contributed by atoms with E-state index in [1.807, 2.05) is 30.3 Å². The van der Waals surface area contributed by atoms with Gasteiger partial charge in [0.05, 0.1) is 10.6 Å². The number of primary sulfonamides is 1. The molecule has 168 valence electrons. The molecule has 0 spiro atoms. The molecular formula is C23H17N7O3S. The van der Waals surface area contributed by atoms with Crippen molar-refractivity contribution in [2.45, 2.75) is 4.90 Å². The summed E-state index contributed by atoms with van der Waals surface area (Å²) in [4.78, 5) is 16.7. The van der Waals surface area contributed by atoms with E-state index in [-0.39, 0.29) is 10.8 Å². The summed E-state index contributed by atoms with van der Waals surface area (Å²) in [6.45, 7) is 0. The molecule has 0 saturated heterocycles. The molecule has 10 nitrogen and oxygen atoms in total. The highest BCUT2D eigenvalue weighted by Gasteiger charge is 2.13. The molecule has 1 amide bonds. The summed E-state index contributed by atoms with van der Waals surface area (Å²) in [5, 5.41) is 21.0. The first-order valence-electron chi connectivity index (χ1n) is 10.1. The van der Waals surface area contributed by atoms with Gasteiger partial charge in [0.1, 0.15) is 0 Å². The lowest BCUT2D eigenvalue weighted by atomic mass is 10.1. The van der Waals surface area contributed by atoms with Crippen LogP contribution in [0, 0.1) is 0 Å². The minimum atomic E-state index is -3.83. The zero-order valence-corrected chi connectivity index (χ0v) is 18.3. The Kier molecular flexibility index (Phi) is 5.32. The van der Waals surface area contributed by atoms with Gasteiger partial charge < -0.3 is 5.32 Å². The van der Waals surface area contributed by atoms with Gasteiger partial charge in [0, 0.05) is 34.8 Å². The number of benzene rings is 2. The molecule has 3 N–H and O–H groups in total. The maximum atomic E-state index is 12.6. The third kappa shape index (κ3) is 4.25. The minimum Gasteiger partial charge on any atom is -0.322 e. The number of sulfonamides is 1. The van der Waals surface area contributed by atoms with Gasteiger partial charge in [0.15, 0.2) is 11.5 Å². The predicted molar refractivity (Wildman–Crippen MR) is 125 cm³/mol. The van der Waals surface area contributed by atoms with Crippen LogP contribution >= 0.6 is 0 Å². The van der Waals surface area contributed by atoms with Crippen LogP contribution in [-0.4, -0.2) is 39.1 Å². The molecule has 3 aromatic heterocycles. The van der Waals surface area contributed by atoms with Crippen molar-refractivity contribution in [1.82, 2.24) is 24.8 Å². The molecular weight excluding hydrogens is 454 g/mol. The lowest BCUT2D eigenvalue weighted by Crippen LogP contribution is -2.14. The minimum absolute atomic E-state index is 0.0628. The number of hydrogen-bond acceptors (Lipinski definition) is 7. The van der Waals surface area contributed by atoms with E-state index in [9.17, 15) is 13.2 Å². The fourth-order valence-corrected chi connectivity index (χ4v) is 3.89. The standard InChI is InChI=1S/C23H17N7O3S/c24-34(32,33)19-8-6-15(7-9-19)23(31)26-18-5-1-3-16(13-18)20-10-11-21-27-28-22(30(21)29-20)17-4-2-12-25-14-17/h1-14H,(H,26,31)(H2,24,32,33). The second-order valence-electron chi connectivity index (χ2n) is 7.36. The van der Waals surface area contributed by atoms with Crippen molar-refractivity contribution < 1.29 is 13.2 Å². The third-order valence-corrected chi connectivity index (χ3v) is 5.97. The quantitative estimate of drug-likeness (QED) is 0.401. The monoisotopic (exact) mass is 471 g/mol. The van der Waals surface area contributed by atoms with Gasteiger partial charge in [-0.25, -0.2) is 13.6 Å². The molecule has 0 radical (unpaired) electrons. The number of aromatic nitrogens is 5. The highest BCUT2D eigenvalue weighted by Crippen LogP contribution is 2.23. The molecule has 5 aromatic rings. The fourth-order valence-electron chi connectivity index (χ4n) is 3.37. The highest BCUT2D eigenvalue weighted by molar-refractivity contribution is 7.89. The van der Waals surface area contributed by atoms with Gasteiger partial charge in [-0.2, -0.15) is 9.61 Å². The Morgan fingerprint density at radius 2 is 1.71 bits per heavy atom. The number of anilines is 1. The van der Waals surface area contributed by atoms with Crippen molar-refractivity contribution in [3.05, 3.63) is 90.8 Å². The number of amides is 1. The molecule has 0 unspecified atom stereocenters. The van der Waals surface area contributed by atoms with E-state index in [1.165, 1.54) is 24.3 Å². The summed E-state index contributed by atoms with van der Waals surface area (Å²) in [6.07, 6.45) is 3.37. The highest BCUT2D eigenvalue weighted by atomic mass is 32.2. The van der Waals surface area contributed by atoms with E-state index < -0.39 is 10.0 Å². The van der Waals surface area contributed by atoms with Crippen molar-refractivity contribution in [3.63, 3.8) is 0 Å². The number of rotatable bonds is 5. The second-order valence-corrected chi connectivity index (χ2v) is 8.92. The molecule has 0 fully saturated rings. The van der Waals surface area contributed by atoms with E-state index in [1.54, 1.807) is 35.1 Å². The molecule has 0 aliphatic rings. The van der Waals surface area contributed by atoms with E-state index in [4.69, 9.17) is 5.14 Å². The van der Waals surface area contributed by atoms with Crippen LogP contribution in [0.4, 0.5) is 5.69 Å². The van der Waals surface area contributed by atoms with E-state index in [0.29, 0.717) is 28.4 Å². The van der Waals surface area contributed by atoms with Gasteiger partial charge in [-0.05, 0) is 60.7 Å². The number of hydrogen-bond donors (Lipinski definition) is 2. The average Bonchev–Trinajstić information content (AvgIpc) is 3.28. The summed E-state index contributed by atoms with van der Waals surface area (Å²) < 4.78 is 24.4. The molecule has 11 heteroatoms. The Hall–Kier alpha value is -4.48. The van der Waals surface area contributed by atoms with Crippen LogP contribution in [0.2, 0.25) is 0 Å². The summed E-state index contributed by atoms with van der Waals surface area (Å²) in [6, 6.07) is 19.9. The van der Waals surface area contributed by atoms with Gasteiger partial charge >= 0.3 is 0 Å². The van der Waals surface area contributed by atoms with Gasteiger partial charge in [-0.15, -0.1) is 10.2 Å². The second kappa shape index (κ2) is 8.46. The lowest BCUT2D eigenvalue weighted by Gasteiger charge is -2.08. The molecule has 0 atom stereocenters. The Morgan fingerprint density at radius 3 is 2.44 bits per heavy atom. The van der Waals surface area contributed by atoms with Crippen molar-refractivity contribution in [3.8, 4) is 22.6 Å². The Morgan fingerprint density at radius 1 is 0.912 bits per heavy atom. The summed E-state index contributed by atoms with van der Waals surface area (Å²) >= 11 is 0. The molecule has 5 rings (SSSR count). The molecule has 2 aromatic carbocycles. The number of pyridine rings is 1. The van der Waals surface area contributed by atoms with Crippen LogP contribution in [-0.2, 0) is 10.0 Å². The molecule has 0 saturated carbocycles. The van der Waals surface area contributed by atoms with E-state index in [2.05, 4.69) is 25.6 Å². The van der Waals surface area contributed by atoms with Crippen LogP contribution in [0.15, 0.2) is 90.1 Å². The van der Waals surface area contributed by atoms with Crippen molar-refractivity contribution >= 4 is 27.3 Å². The summed E-state index contributed by atoms with van der Waals surface area (Å²) in [5.41, 5.74) is 3.66. The summed E-state index contributed by atoms with van der Waals surface area (Å²) in [5.74, 6) is 0.177. The maximum absolute atomic E-state index is 12.6. The van der Waals surface area contributed by atoms with E-state index in [0.717, 1.165) is 11.1 Å². The molecule has 34 heavy (non-hydrogen) atoms. The number of fused-ring (bicyclic) bond motifs is 1. The molecule has 0 aliphatic heterocycles. The Bertz CT molecular complexity index is 1620. The first-order valence-corrected chi connectivity index (χ1v) is 11.6. The van der Waals surface area contributed by atoms with Crippen molar-refractivity contribution in [2.24, 2.45) is 5.14 Å². The first-order chi connectivity index (χ1) is 16.4. The number of nitrogens with two attached hydrogens (primary N) is 1. The largest absolute Gasteiger partial charge is 0.322 e. The van der Waals surface area contributed by atoms with Crippen molar-refractivity contribution in [2.75, 3.05) is 5.32 Å². The van der Waals surface area contributed by atoms with Crippen LogP contribution in [0.1, 0.15) is 10.4 Å². The number of nitrogens with zero attached hydrogens (tertiary/aromatic N) is 5. The van der Waals surface area contributed by atoms with Gasteiger partial charge in [-0.3, -0.25) is 9.78 Å². The Labute approximate surface area is 194 Å². The van der Waals surface area contributed by atoms with Crippen molar-refractivity contribution in [1.29, 1.82) is 0 Å². The zero-order valence-electron chi connectivity index (χ0n) is 17.5. The third-order valence-electron chi connectivity index (χ3n) is 5.04. The van der Waals surface area contributed by atoms with Crippen LogP contribution < -0.4 is 10.5 Å². The van der Waals surface area contributed by atoms with E-state index >= 15 is 0 Å². The van der Waals surface area contributed by atoms with Gasteiger partial charge in [-0.1, -0.05) is 12.1 Å². The van der Waals surface area contributed by atoms with Gasteiger partial charge in [0.2, 0.25) is 10.0 Å². The number of carbonyl (C=O) groups excluding carboxylic acids is 1. The summed E-state index contributed by atoms with van der Waals surface area (Å²) in [7, 11) is -3.83. The zero-order chi connectivity index (χ0) is 23.7. The Balaban J connectivity index is 1.42. The normalized spacial score (nSPS) is 11.4. The predicted octanol–water partition coefficient (Wildman–Crippen LogP) is 2.75. The molecule has 3 heterocycles. The smallest absolute Gasteiger partial charge is 0.255 e. The van der Waals surface area contributed by atoms with Gasteiger partial charge in [0.25, 0.3) is 5.91 Å². The lowest BCUT2D eigenvalue weighted by molar-refractivity contribution is 0.102. The number of nitrogens with one attached hydrogen (secondary N) is 1. The average molecular weight is 472 g/mol. The van der Waals surface area contributed by atoms with Crippen LogP contribution in [0.5, 0.6) is 0 Å². The van der Waals surface area contributed by atoms with Crippen LogP contribution in [0.3, 0.4) is 0 Å².